The smallest absolute Gasteiger partial charge is 0.404 e. The van der Waals surface area contributed by atoms with Crippen LogP contribution in [0.25, 0.3) is 0 Å². The summed E-state index contributed by atoms with van der Waals surface area (Å²) >= 11 is 6.01. The monoisotopic (exact) mass is 387 g/mol. The Morgan fingerprint density at radius 3 is 2.64 bits per heavy atom. The quantitative estimate of drug-likeness (QED) is 0.414. The van der Waals surface area contributed by atoms with Crippen LogP contribution < -0.4 is 4.52 Å². The fourth-order valence-corrected chi connectivity index (χ4v) is 3.98. The predicted octanol–water partition coefficient (Wildman–Crippen LogP) is 5.05. The van der Waals surface area contributed by atoms with Crippen molar-refractivity contribution in [2.45, 2.75) is 12.5 Å². The standard InChI is InChI=1S/C15H12ClFNO6P/c16-14-9-10(17)1-6-13(14)15-7-8-22-25(21,24-15)23-12-4-2-11(3-5-12)18(19)20/h1-6,9,15H,7-8H2. The number of non-ortho nitro benzene ring substituents is 1. The SMILES string of the molecule is O=[N+]([O-])c1ccc(OP2(=O)OCCC(c3ccc(F)cc3Cl)O2)cc1. The largest absolute Gasteiger partial charge is 0.530 e. The van der Waals surface area contributed by atoms with E-state index in [1.165, 1.54) is 36.4 Å². The Morgan fingerprint density at radius 2 is 2.00 bits per heavy atom. The summed E-state index contributed by atoms with van der Waals surface area (Å²) in [5.74, 6) is -0.397. The zero-order chi connectivity index (χ0) is 18.0. The molecule has 1 heterocycles. The molecule has 1 aliphatic heterocycles. The molecule has 2 aromatic carbocycles. The van der Waals surface area contributed by atoms with Crippen molar-refractivity contribution in [1.29, 1.82) is 0 Å². The Balaban J connectivity index is 1.77. The van der Waals surface area contributed by atoms with Crippen LogP contribution in [-0.2, 0) is 13.6 Å². The van der Waals surface area contributed by atoms with Crippen molar-refractivity contribution in [3.05, 3.63) is 69.0 Å². The van der Waals surface area contributed by atoms with Gasteiger partial charge in [0.05, 0.1) is 17.6 Å². The topological polar surface area (TPSA) is 87.9 Å². The van der Waals surface area contributed by atoms with E-state index >= 15 is 0 Å². The highest BCUT2D eigenvalue weighted by Gasteiger charge is 2.38. The maximum Gasteiger partial charge on any atom is 0.530 e. The van der Waals surface area contributed by atoms with Crippen LogP contribution in [0.3, 0.4) is 0 Å². The molecule has 0 saturated carbocycles. The van der Waals surface area contributed by atoms with Gasteiger partial charge in [0.25, 0.3) is 5.69 Å². The van der Waals surface area contributed by atoms with Crippen LogP contribution in [0.15, 0.2) is 42.5 Å². The van der Waals surface area contributed by atoms with Gasteiger partial charge in [-0.3, -0.25) is 19.2 Å². The summed E-state index contributed by atoms with van der Waals surface area (Å²) in [6.07, 6.45) is -0.329. The van der Waals surface area contributed by atoms with E-state index in [0.29, 0.717) is 12.0 Å². The zero-order valence-corrected chi connectivity index (χ0v) is 14.3. The number of phosphoric ester groups is 1. The number of hydrogen-bond donors (Lipinski definition) is 0. The van der Waals surface area contributed by atoms with Crippen molar-refractivity contribution in [2.75, 3.05) is 6.61 Å². The minimum Gasteiger partial charge on any atom is -0.404 e. The maximum atomic E-state index is 13.2. The minimum absolute atomic E-state index is 0.0859. The third-order valence-electron chi connectivity index (χ3n) is 3.46. The number of nitro benzene ring substituents is 1. The van der Waals surface area contributed by atoms with Gasteiger partial charge in [-0.15, -0.1) is 0 Å². The third kappa shape index (κ3) is 4.16. The lowest BCUT2D eigenvalue weighted by Crippen LogP contribution is -2.17. The molecule has 132 valence electrons. The van der Waals surface area contributed by atoms with Crippen molar-refractivity contribution < 1.29 is 27.5 Å². The zero-order valence-electron chi connectivity index (χ0n) is 12.6. The van der Waals surface area contributed by atoms with Gasteiger partial charge in [0, 0.05) is 29.1 Å². The van der Waals surface area contributed by atoms with Crippen LogP contribution in [0, 0.1) is 15.9 Å². The van der Waals surface area contributed by atoms with Gasteiger partial charge in [0.2, 0.25) is 0 Å². The minimum atomic E-state index is -3.95. The summed E-state index contributed by atoms with van der Waals surface area (Å²) in [5.41, 5.74) is 0.339. The Bertz CT molecular complexity index is 846. The first-order valence-corrected chi connectivity index (χ1v) is 9.02. The number of benzene rings is 2. The van der Waals surface area contributed by atoms with E-state index in [1.54, 1.807) is 0 Å². The molecule has 2 atom stereocenters. The molecule has 0 bridgehead atoms. The van der Waals surface area contributed by atoms with E-state index in [-0.39, 0.29) is 23.1 Å². The first kappa shape index (κ1) is 17.8. The van der Waals surface area contributed by atoms with Crippen molar-refractivity contribution >= 4 is 25.1 Å². The van der Waals surface area contributed by atoms with Crippen LogP contribution in [0.4, 0.5) is 10.1 Å². The summed E-state index contributed by atoms with van der Waals surface area (Å²) < 4.78 is 41.7. The second kappa shape index (κ2) is 7.09. The van der Waals surface area contributed by atoms with Gasteiger partial charge in [-0.1, -0.05) is 17.7 Å². The maximum absolute atomic E-state index is 13.2. The molecule has 7 nitrogen and oxygen atoms in total. The van der Waals surface area contributed by atoms with Crippen LogP contribution in [0.5, 0.6) is 5.75 Å². The van der Waals surface area contributed by atoms with Crippen LogP contribution >= 0.6 is 19.4 Å². The van der Waals surface area contributed by atoms with Crippen molar-refractivity contribution in [3.63, 3.8) is 0 Å². The van der Waals surface area contributed by atoms with Crippen molar-refractivity contribution in [2.24, 2.45) is 0 Å². The summed E-state index contributed by atoms with van der Waals surface area (Å²) in [6.45, 7) is 0.0859. The summed E-state index contributed by atoms with van der Waals surface area (Å²) in [7, 11) is -3.95. The molecule has 1 fully saturated rings. The number of rotatable bonds is 4. The molecule has 3 rings (SSSR count). The molecule has 2 aromatic rings. The van der Waals surface area contributed by atoms with E-state index in [0.717, 1.165) is 6.07 Å². The fourth-order valence-electron chi connectivity index (χ4n) is 2.29. The average Bonchev–Trinajstić information content (AvgIpc) is 2.55. The van der Waals surface area contributed by atoms with Crippen molar-refractivity contribution in [1.82, 2.24) is 0 Å². The lowest BCUT2D eigenvalue weighted by molar-refractivity contribution is -0.384. The Kier molecular flexibility index (Phi) is 5.06. The number of hydrogen-bond acceptors (Lipinski definition) is 6. The van der Waals surface area contributed by atoms with Gasteiger partial charge in [-0.25, -0.2) is 8.96 Å². The summed E-state index contributed by atoms with van der Waals surface area (Å²) in [6, 6.07) is 8.81. The Hall–Kier alpha value is -1.99. The lowest BCUT2D eigenvalue weighted by Gasteiger charge is -2.29. The molecule has 0 spiro atoms. The number of halogens is 2. The number of nitrogens with zero attached hydrogens (tertiary/aromatic N) is 1. The van der Waals surface area contributed by atoms with Crippen LogP contribution in [-0.4, -0.2) is 11.5 Å². The molecule has 0 aliphatic carbocycles. The molecule has 25 heavy (non-hydrogen) atoms. The normalized spacial score (nSPS) is 23.2. The van der Waals surface area contributed by atoms with Gasteiger partial charge in [0.15, 0.2) is 0 Å². The molecule has 10 heteroatoms. The second-order valence-electron chi connectivity index (χ2n) is 5.17. The van der Waals surface area contributed by atoms with Gasteiger partial charge in [-0.2, -0.15) is 0 Å². The molecular formula is C15H12ClFNO6P. The molecule has 0 radical (unpaired) electrons. The van der Waals surface area contributed by atoms with Gasteiger partial charge >= 0.3 is 7.82 Å². The summed E-state index contributed by atoms with van der Waals surface area (Å²) in [4.78, 5) is 10.1. The molecule has 1 saturated heterocycles. The van der Waals surface area contributed by atoms with Gasteiger partial charge in [-0.05, 0) is 24.3 Å². The number of nitro groups is 1. The van der Waals surface area contributed by atoms with Crippen molar-refractivity contribution in [3.8, 4) is 5.75 Å². The van der Waals surface area contributed by atoms with Crippen LogP contribution in [0.2, 0.25) is 5.02 Å². The second-order valence-corrected chi connectivity index (χ2v) is 7.12. The van der Waals surface area contributed by atoms with E-state index in [9.17, 15) is 19.1 Å². The molecule has 1 aliphatic rings. The average molecular weight is 388 g/mol. The highest BCUT2D eigenvalue weighted by molar-refractivity contribution is 7.49. The van der Waals surface area contributed by atoms with Crippen LogP contribution in [0.1, 0.15) is 18.1 Å². The molecule has 0 amide bonds. The molecule has 0 N–H and O–H groups in total. The van der Waals surface area contributed by atoms with Gasteiger partial charge < -0.3 is 4.52 Å². The van der Waals surface area contributed by atoms with E-state index in [1.807, 2.05) is 0 Å². The Labute approximate surface area is 147 Å². The first-order valence-electron chi connectivity index (χ1n) is 7.18. The number of phosphoric acid groups is 1. The highest BCUT2D eigenvalue weighted by atomic mass is 35.5. The Morgan fingerprint density at radius 1 is 1.28 bits per heavy atom. The first-order chi connectivity index (χ1) is 11.9. The fraction of sp³-hybridized carbons (Fsp3) is 0.200. The highest BCUT2D eigenvalue weighted by Crippen LogP contribution is 2.57. The predicted molar refractivity (Wildman–Crippen MR) is 87.1 cm³/mol. The summed E-state index contributed by atoms with van der Waals surface area (Å²) in [5, 5.41) is 10.8. The van der Waals surface area contributed by atoms with Gasteiger partial charge in [0.1, 0.15) is 11.6 Å². The van der Waals surface area contributed by atoms with E-state index < -0.39 is 24.7 Å². The molecular weight excluding hydrogens is 376 g/mol. The lowest BCUT2D eigenvalue weighted by atomic mass is 10.1. The third-order valence-corrected chi connectivity index (χ3v) is 5.23. The van der Waals surface area contributed by atoms with E-state index in [4.69, 9.17) is 25.2 Å². The molecule has 0 aromatic heterocycles. The van der Waals surface area contributed by atoms with E-state index in [2.05, 4.69) is 0 Å². The molecule has 2 unspecified atom stereocenters.